The number of nitrogens with zero attached hydrogens (tertiary/aromatic N) is 4. The summed E-state index contributed by atoms with van der Waals surface area (Å²) in [6.07, 6.45) is 1.72. The van der Waals surface area contributed by atoms with Crippen molar-refractivity contribution in [1.82, 2.24) is 20.2 Å². The minimum absolute atomic E-state index is 0.353. The maximum atomic E-state index is 5.43. The van der Waals surface area contributed by atoms with Crippen LogP contribution >= 0.6 is 0 Å². The van der Waals surface area contributed by atoms with Gasteiger partial charge in [0, 0.05) is 12.2 Å². The van der Waals surface area contributed by atoms with Crippen molar-refractivity contribution in [2.45, 2.75) is 6.92 Å². The van der Waals surface area contributed by atoms with Crippen molar-refractivity contribution in [3.63, 3.8) is 0 Å². The van der Waals surface area contributed by atoms with E-state index in [-0.39, 0.29) is 0 Å². The molecule has 102 valence electrons. The molecule has 2 aromatic heterocycles. The number of nitrogens with two attached hydrogens (primary N) is 1. The first-order valence-corrected chi connectivity index (χ1v) is 6.33. The Hall–Kier alpha value is -2.67. The summed E-state index contributed by atoms with van der Waals surface area (Å²) in [6.45, 7) is 2.84. The molecule has 0 saturated carbocycles. The Kier molecular flexibility index (Phi) is 3.18. The van der Waals surface area contributed by atoms with Crippen molar-refractivity contribution >= 4 is 28.5 Å². The molecule has 7 heteroatoms. The Labute approximate surface area is 115 Å². The summed E-state index contributed by atoms with van der Waals surface area (Å²) in [4.78, 5) is 10.8. The SMILES string of the molecule is CCN(c1ccccc1)c1nc(NN)nc2[nH]ncc12. The lowest BCUT2D eigenvalue weighted by atomic mass is 10.2. The highest BCUT2D eigenvalue weighted by Crippen LogP contribution is 2.29. The molecule has 20 heavy (non-hydrogen) atoms. The Bertz CT molecular complexity index is 707. The van der Waals surface area contributed by atoms with Gasteiger partial charge in [0.15, 0.2) is 5.65 Å². The van der Waals surface area contributed by atoms with E-state index in [1.54, 1.807) is 6.20 Å². The average molecular weight is 269 g/mol. The quantitative estimate of drug-likeness (QED) is 0.493. The van der Waals surface area contributed by atoms with Crippen LogP contribution in [-0.2, 0) is 0 Å². The highest BCUT2D eigenvalue weighted by Gasteiger charge is 2.15. The lowest BCUT2D eigenvalue weighted by molar-refractivity contribution is 0.986. The molecular weight excluding hydrogens is 254 g/mol. The number of para-hydroxylation sites is 1. The fraction of sp³-hybridized carbons (Fsp3) is 0.154. The van der Waals surface area contributed by atoms with E-state index in [0.717, 1.165) is 23.4 Å². The summed E-state index contributed by atoms with van der Waals surface area (Å²) in [6, 6.07) is 10.0. The molecule has 1 aromatic carbocycles. The minimum Gasteiger partial charge on any atom is -0.326 e. The largest absolute Gasteiger partial charge is 0.326 e. The zero-order valence-electron chi connectivity index (χ0n) is 11.0. The van der Waals surface area contributed by atoms with Gasteiger partial charge in [0.05, 0.1) is 11.6 Å². The smallest absolute Gasteiger partial charge is 0.241 e. The molecule has 2 heterocycles. The van der Waals surface area contributed by atoms with Crippen molar-refractivity contribution in [3.8, 4) is 0 Å². The zero-order valence-corrected chi connectivity index (χ0v) is 11.0. The van der Waals surface area contributed by atoms with Crippen molar-refractivity contribution in [1.29, 1.82) is 0 Å². The number of aromatic amines is 1. The third kappa shape index (κ3) is 2.04. The normalized spacial score (nSPS) is 10.7. The minimum atomic E-state index is 0.353. The van der Waals surface area contributed by atoms with E-state index in [9.17, 15) is 0 Å². The monoisotopic (exact) mass is 269 g/mol. The summed E-state index contributed by atoms with van der Waals surface area (Å²) < 4.78 is 0. The van der Waals surface area contributed by atoms with Crippen LogP contribution < -0.4 is 16.2 Å². The molecule has 7 nitrogen and oxygen atoms in total. The van der Waals surface area contributed by atoms with Gasteiger partial charge in [-0.05, 0) is 19.1 Å². The number of hydrazine groups is 1. The van der Waals surface area contributed by atoms with E-state index >= 15 is 0 Å². The molecular formula is C13H15N7. The van der Waals surface area contributed by atoms with E-state index in [4.69, 9.17) is 5.84 Å². The van der Waals surface area contributed by atoms with Gasteiger partial charge in [-0.3, -0.25) is 10.5 Å². The topological polar surface area (TPSA) is 95.8 Å². The van der Waals surface area contributed by atoms with Crippen LogP contribution in [0.5, 0.6) is 0 Å². The van der Waals surface area contributed by atoms with Crippen LogP contribution in [0, 0.1) is 0 Å². The predicted octanol–water partition coefficient (Wildman–Crippen LogP) is 1.80. The molecule has 0 unspecified atom stereocenters. The number of nitrogens with one attached hydrogen (secondary N) is 2. The average Bonchev–Trinajstić information content (AvgIpc) is 2.97. The van der Waals surface area contributed by atoms with Crippen LogP contribution in [0.25, 0.3) is 11.0 Å². The van der Waals surface area contributed by atoms with E-state index in [2.05, 4.69) is 37.4 Å². The van der Waals surface area contributed by atoms with Crippen LogP contribution in [0.4, 0.5) is 17.5 Å². The number of hydrogen-bond acceptors (Lipinski definition) is 6. The third-order valence-electron chi connectivity index (χ3n) is 3.06. The highest BCUT2D eigenvalue weighted by molar-refractivity contribution is 5.89. The lowest BCUT2D eigenvalue weighted by Crippen LogP contribution is -2.19. The van der Waals surface area contributed by atoms with Gasteiger partial charge in [0.1, 0.15) is 5.82 Å². The molecule has 0 bridgehead atoms. The molecule has 0 saturated heterocycles. The molecule has 0 amide bonds. The van der Waals surface area contributed by atoms with Gasteiger partial charge in [-0.2, -0.15) is 15.1 Å². The molecule has 0 aliphatic heterocycles. The summed E-state index contributed by atoms with van der Waals surface area (Å²) in [5, 5.41) is 7.72. The van der Waals surface area contributed by atoms with Crippen LogP contribution in [0.2, 0.25) is 0 Å². The second-order valence-electron chi connectivity index (χ2n) is 4.23. The summed E-state index contributed by atoms with van der Waals surface area (Å²) in [5.41, 5.74) is 4.19. The molecule has 0 aliphatic carbocycles. The first kappa shape index (κ1) is 12.4. The van der Waals surface area contributed by atoms with Gasteiger partial charge in [-0.1, -0.05) is 18.2 Å². The Balaban J connectivity index is 2.18. The van der Waals surface area contributed by atoms with Crippen LogP contribution in [0.3, 0.4) is 0 Å². The van der Waals surface area contributed by atoms with Crippen molar-refractivity contribution in [2.75, 3.05) is 16.9 Å². The molecule has 0 fully saturated rings. The first-order chi connectivity index (χ1) is 9.83. The van der Waals surface area contributed by atoms with E-state index in [1.807, 2.05) is 30.3 Å². The molecule has 3 rings (SSSR count). The number of H-pyrrole nitrogens is 1. The molecule has 0 radical (unpaired) electrons. The number of hydrogen-bond donors (Lipinski definition) is 3. The number of fused-ring (bicyclic) bond motifs is 1. The van der Waals surface area contributed by atoms with Crippen molar-refractivity contribution < 1.29 is 0 Å². The van der Waals surface area contributed by atoms with Crippen molar-refractivity contribution in [3.05, 3.63) is 36.5 Å². The molecule has 0 aliphatic rings. The molecule has 3 aromatic rings. The number of rotatable bonds is 4. The predicted molar refractivity (Wildman–Crippen MR) is 78.6 cm³/mol. The van der Waals surface area contributed by atoms with Gasteiger partial charge in [-0.15, -0.1) is 0 Å². The van der Waals surface area contributed by atoms with E-state index in [0.29, 0.717) is 11.6 Å². The second kappa shape index (κ2) is 5.14. The molecule has 0 atom stereocenters. The summed E-state index contributed by atoms with van der Waals surface area (Å²) in [7, 11) is 0. The fourth-order valence-electron chi connectivity index (χ4n) is 2.15. The Morgan fingerprint density at radius 3 is 2.75 bits per heavy atom. The third-order valence-corrected chi connectivity index (χ3v) is 3.06. The van der Waals surface area contributed by atoms with E-state index in [1.165, 1.54) is 0 Å². The number of nitrogen functional groups attached to an aromatic ring is 1. The zero-order chi connectivity index (χ0) is 13.9. The van der Waals surface area contributed by atoms with Crippen molar-refractivity contribution in [2.24, 2.45) is 5.84 Å². The summed E-state index contributed by atoms with van der Waals surface area (Å²) in [5.74, 6) is 6.55. The first-order valence-electron chi connectivity index (χ1n) is 6.33. The Morgan fingerprint density at radius 2 is 2.05 bits per heavy atom. The fourth-order valence-corrected chi connectivity index (χ4v) is 2.15. The summed E-state index contributed by atoms with van der Waals surface area (Å²) >= 11 is 0. The number of benzene rings is 1. The van der Waals surface area contributed by atoms with Crippen LogP contribution in [0.15, 0.2) is 36.5 Å². The van der Waals surface area contributed by atoms with Gasteiger partial charge >= 0.3 is 0 Å². The molecule has 4 N–H and O–H groups in total. The maximum absolute atomic E-state index is 5.43. The highest BCUT2D eigenvalue weighted by atomic mass is 15.3. The van der Waals surface area contributed by atoms with Crippen LogP contribution in [0.1, 0.15) is 6.92 Å². The standard InChI is InChI=1S/C13H15N7/c1-2-20(9-6-4-3-5-7-9)12-10-8-15-19-11(10)16-13(17-12)18-14/h3-8H,2,14H2,1H3,(H2,15,16,17,18,19). The second-order valence-corrected chi connectivity index (χ2v) is 4.23. The van der Waals surface area contributed by atoms with Gasteiger partial charge in [0.2, 0.25) is 5.95 Å². The van der Waals surface area contributed by atoms with Crippen LogP contribution in [-0.4, -0.2) is 26.7 Å². The molecule has 0 spiro atoms. The van der Waals surface area contributed by atoms with E-state index < -0.39 is 0 Å². The number of anilines is 3. The van der Waals surface area contributed by atoms with Gasteiger partial charge in [-0.25, -0.2) is 5.84 Å². The Morgan fingerprint density at radius 1 is 1.25 bits per heavy atom. The maximum Gasteiger partial charge on any atom is 0.241 e. The lowest BCUT2D eigenvalue weighted by Gasteiger charge is -2.22. The number of aromatic nitrogens is 4. The van der Waals surface area contributed by atoms with Gasteiger partial charge in [0.25, 0.3) is 0 Å². The van der Waals surface area contributed by atoms with Gasteiger partial charge < -0.3 is 4.90 Å².